The van der Waals surface area contributed by atoms with E-state index in [9.17, 15) is 9.90 Å². The number of hydrogen-bond donors (Lipinski definition) is 1. The molecule has 1 aliphatic rings. The Kier molecular flexibility index (Phi) is 16.2. The molecule has 1 unspecified atom stereocenters. The zero-order valence-electron chi connectivity index (χ0n) is 16.0. The van der Waals surface area contributed by atoms with Crippen molar-refractivity contribution in [1.29, 1.82) is 0 Å². The molecular formula is C20H41NO2. The standard InChI is InChI=1S/C18H35NO2.C2H6/c1-2-17(20)12-9-7-5-3-4-6-8-10-14-19-15-11-13-18(21)16-19;1-2/h18,21H,2-16H2,1H3;1-2H3. The van der Waals surface area contributed by atoms with Crippen LogP contribution in [-0.4, -0.2) is 41.5 Å². The molecule has 0 aromatic carbocycles. The van der Waals surface area contributed by atoms with E-state index in [2.05, 4.69) is 4.90 Å². The van der Waals surface area contributed by atoms with Crippen LogP contribution in [0.25, 0.3) is 0 Å². The van der Waals surface area contributed by atoms with E-state index in [0.29, 0.717) is 12.2 Å². The van der Waals surface area contributed by atoms with E-state index < -0.39 is 0 Å². The van der Waals surface area contributed by atoms with Crippen molar-refractivity contribution in [2.75, 3.05) is 19.6 Å². The van der Waals surface area contributed by atoms with Gasteiger partial charge in [-0.2, -0.15) is 0 Å². The van der Waals surface area contributed by atoms with Crippen LogP contribution in [0, 0.1) is 0 Å². The highest BCUT2D eigenvalue weighted by molar-refractivity contribution is 5.77. The highest BCUT2D eigenvalue weighted by Gasteiger charge is 2.16. The third-order valence-corrected chi connectivity index (χ3v) is 4.55. The van der Waals surface area contributed by atoms with E-state index in [4.69, 9.17) is 0 Å². The Bertz CT molecular complexity index is 268. The molecule has 0 spiro atoms. The summed E-state index contributed by atoms with van der Waals surface area (Å²) >= 11 is 0. The molecule has 3 heteroatoms. The van der Waals surface area contributed by atoms with E-state index in [1.807, 2.05) is 20.8 Å². The van der Waals surface area contributed by atoms with Crippen molar-refractivity contribution in [3.8, 4) is 0 Å². The van der Waals surface area contributed by atoms with E-state index >= 15 is 0 Å². The Morgan fingerprint density at radius 1 is 1.00 bits per heavy atom. The number of carbonyl (C=O) groups is 1. The van der Waals surface area contributed by atoms with Crippen LogP contribution in [0.2, 0.25) is 0 Å². The number of unbranched alkanes of at least 4 members (excludes halogenated alkanes) is 7. The van der Waals surface area contributed by atoms with Crippen LogP contribution in [0.5, 0.6) is 0 Å². The number of Topliss-reactive ketones (excluding diaryl/α,β-unsaturated/α-hetero) is 1. The van der Waals surface area contributed by atoms with Gasteiger partial charge in [-0.05, 0) is 38.8 Å². The predicted molar refractivity (Wildman–Crippen MR) is 99.9 cm³/mol. The molecule has 1 saturated heterocycles. The first kappa shape index (κ1) is 22.6. The number of hydrogen-bond acceptors (Lipinski definition) is 3. The lowest BCUT2D eigenvalue weighted by molar-refractivity contribution is -0.118. The molecule has 0 saturated carbocycles. The Hall–Kier alpha value is -0.410. The second-order valence-electron chi connectivity index (χ2n) is 6.57. The van der Waals surface area contributed by atoms with Gasteiger partial charge in [-0.1, -0.05) is 59.3 Å². The maximum Gasteiger partial charge on any atom is 0.132 e. The second-order valence-corrected chi connectivity index (χ2v) is 6.57. The highest BCUT2D eigenvalue weighted by atomic mass is 16.3. The molecule has 0 radical (unpaired) electrons. The molecule has 0 aromatic rings. The SMILES string of the molecule is CC.CCC(=O)CCCCCCCCCCN1CCCC(O)C1. The monoisotopic (exact) mass is 327 g/mol. The van der Waals surface area contributed by atoms with Crippen molar-refractivity contribution < 1.29 is 9.90 Å². The summed E-state index contributed by atoms with van der Waals surface area (Å²) in [6, 6.07) is 0. The van der Waals surface area contributed by atoms with Gasteiger partial charge < -0.3 is 10.0 Å². The van der Waals surface area contributed by atoms with Crippen molar-refractivity contribution in [2.45, 2.75) is 104 Å². The number of nitrogens with zero attached hydrogens (tertiary/aromatic N) is 1. The molecule has 1 aliphatic heterocycles. The average Bonchev–Trinajstić information content (AvgIpc) is 2.58. The number of aliphatic hydroxyl groups is 1. The first-order valence-corrected chi connectivity index (χ1v) is 10.1. The van der Waals surface area contributed by atoms with Crippen LogP contribution in [-0.2, 0) is 4.79 Å². The molecule has 1 N–H and O–H groups in total. The van der Waals surface area contributed by atoms with Crippen molar-refractivity contribution in [2.24, 2.45) is 0 Å². The molecule has 0 aromatic heterocycles. The van der Waals surface area contributed by atoms with Gasteiger partial charge in [0, 0.05) is 19.4 Å². The number of rotatable bonds is 12. The maximum absolute atomic E-state index is 11.2. The molecule has 0 aliphatic carbocycles. The Balaban J connectivity index is 0.00000232. The van der Waals surface area contributed by atoms with Crippen LogP contribution in [0.15, 0.2) is 0 Å². The lowest BCUT2D eigenvalue weighted by atomic mass is 10.0. The zero-order valence-corrected chi connectivity index (χ0v) is 16.0. The third-order valence-electron chi connectivity index (χ3n) is 4.55. The minimum atomic E-state index is -0.0849. The number of likely N-dealkylation sites (tertiary alicyclic amines) is 1. The van der Waals surface area contributed by atoms with E-state index in [1.165, 1.54) is 51.5 Å². The Morgan fingerprint density at radius 3 is 2.13 bits per heavy atom. The molecule has 0 amide bonds. The average molecular weight is 328 g/mol. The third kappa shape index (κ3) is 13.7. The summed E-state index contributed by atoms with van der Waals surface area (Å²) in [6.45, 7) is 9.17. The molecule has 1 rings (SSSR count). The molecule has 1 heterocycles. The van der Waals surface area contributed by atoms with Crippen molar-refractivity contribution in [3.63, 3.8) is 0 Å². The van der Waals surface area contributed by atoms with Gasteiger partial charge in [-0.3, -0.25) is 4.79 Å². The number of carbonyl (C=O) groups excluding carboxylic acids is 1. The van der Waals surface area contributed by atoms with Crippen molar-refractivity contribution in [1.82, 2.24) is 4.90 Å². The van der Waals surface area contributed by atoms with Crippen molar-refractivity contribution in [3.05, 3.63) is 0 Å². The molecule has 3 nitrogen and oxygen atoms in total. The van der Waals surface area contributed by atoms with Crippen LogP contribution >= 0.6 is 0 Å². The van der Waals surface area contributed by atoms with Gasteiger partial charge in [-0.15, -0.1) is 0 Å². The molecule has 138 valence electrons. The molecule has 23 heavy (non-hydrogen) atoms. The molecule has 1 fully saturated rings. The lowest BCUT2D eigenvalue weighted by Gasteiger charge is -2.29. The first-order valence-electron chi connectivity index (χ1n) is 10.1. The molecular weight excluding hydrogens is 286 g/mol. The number of β-amino-alcohol motifs (C(OH)–C–C–N with tert-alkyl or cyclic N) is 1. The van der Waals surface area contributed by atoms with Gasteiger partial charge in [0.2, 0.25) is 0 Å². The summed E-state index contributed by atoms with van der Waals surface area (Å²) < 4.78 is 0. The van der Waals surface area contributed by atoms with Gasteiger partial charge in [0.15, 0.2) is 0 Å². The summed E-state index contributed by atoms with van der Waals surface area (Å²) in [6.07, 6.45) is 13.7. The number of piperidine rings is 1. The Morgan fingerprint density at radius 2 is 1.57 bits per heavy atom. The summed E-state index contributed by atoms with van der Waals surface area (Å²) in [5.41, 5.74) is 0. The molecule has 1 atom stereocenters. The summed E-state index contributed by atoms with van der Waals surface area (Å²) in [7, 11) is 0. The van der Waals surface area contributed by atoms with Gasteiger partial charge in [0.25, 0.3) is 0 Å². The predicted octanol–water partition coefficient (Wildman–Crippen LogP) is 4.96. The van der Waals surface area contributed by atoms with E-state index in [-0.39, 0.29) is 6.10 Å². The minimum absolute atomic E-state index is 0.0849. The van der Waals surface area contributed by atoms with Crippen LogP contribution in [0.1, 0.15) is 97.8 Å². The smallest absolute Gasteiger partial charge is 0.132 e. The van der Waals surface area contributed by atoms with Gasteiger partial charge in [-0.25, -0.2) is 0 Å². The van der Waals surface area contributed by atoms with Crippen LogP contribution in [0.4, 0.5) is 0 Å². The fourth-order valence-electron chi connectivity index (χ4n) is 3.13. The van der Waals surface area contributed by atoms with Crippen LogP contribution < -0.4 is 0 Å². The lowest BCUT2D eigenvalue weighted by Crippen LogP contribution is -2.38. The maximum atomic E-state index is 11.2. The van der Waals surface area contributed by atoms with E-state index in [1.54, 1.807) is 0 Å². The topological polar surface area (TPSA) is 40.5 Å². The number of ketones is 1. The first-order chi connectivity index (χ1) is 11.2. The molecule has 0 bridgehead atoms. The fourth-order valence-corrected chi connectivity index (χ4v) is 3.13. The largest absolute Gasteiger partial charge is 0.392 e. The summed E-state index contributed by atoms with van der Waals surface area (Å²) in [5.74, 6) is 0.415. The van der Waals surface area contributed by atoms with Crippen LogP contribution in [0.3, 0.4) is 0 Å². The number of aliphatic hydroxyl groups excluding tert-OH is 1. The summed E-state index contributed by atoms with van der Waals surface area (Å²) in [5, 5.41) is 9.61. The van der Waals surface area contributed by atoms with Gasteiger partial charge >= 0.3 is 0 Å². The van der Waals surface area contributed by atoms with Gasteiger partial charge in [0.05, 0.1) is 6.10 Å². The fraction of sp³-hybridized carbons (Fsp3) is 0.950. The Labute approximate surface area is 144 Å². The summed E-state index contributed by atoms with van der Waals surface area (Å²) in [4.78, 5) is 13.6. The second kappa shape index (κ2) is 16.4. The van der Waals surface area contributed by atoms with Crippen molar-refractivity contribution >= 4 is 5.78 Å². The van der Waals surface area contributed by atoms with E-state index in [0.717, 1.165) is 38.8 Å². The highest BCUT2D eigenvalue weighted by Crippen LogP contribution is 2.13. The quantitative estimate of drug-likeness (QED) is 0.515. The zero-order chi connectivity index (χ0) is 17.3. The normalized spacial score (nSPS) is 18.3. The van der Waals surface area contributed by atoms with Gasteiger partial charge in [0.1, 0.15) is 5.78 Å². The minimum Gasteiger partial charge on any atom is -0.392 e.